The SMILES string of the molecule is COC(=O)CC1C(=O)NCCN1c1nc2ccc(C)cn2c(=O)c1C=O. The highest BCUT2D eigenvalue weighted by Gasteiger charge is 2.35. The summed E-state index contributed by atoms with van der Waals surface area (Å²) in [4.78, 5) is 54.2. The summed E-state index contributed by atoms with van der Waals surface area (Å²) in [7, 11) is 1.23. The molecule has 1 aliphatic heterocycles. The molecule has 1 saturated heterocycles. The van der Waals surface area contributed by atoms with Crippen LogP contribution >= 0.6 is 0 Å². The Hall–Kier alpha value is -3.23. The van der Waals surface area contributed by atoms with Gasteiger partial charge in [-0.2, -0.15) is 0 Å². The number of nitrogens with zero attached hydrogens (tertiary/aromatic N) is 3. The van der Waals surface area contributed by atoms with Gasteiger partial charge in [0.2, 0.25) is 5.91 Å². The Morgan fingerprint density at radius 3 is 2.88 bits per heavy atom. The van der Waals surface area contributed by atoms with Gasteiger partial charge in [0.1, 0.15) is 23.1 Å². The quantitative estimate of drug-likeness (QED) is 0.589. The number of carbonyl (C=O) groups excluding carboxylic acids is 3. The minimum Gasteiger partial charge on any atom is -0.469 e. The van der Waals surface area contributed by atoms with Crippen LogP contribution in [-0.2, 0) is 14.3 Å². The van der Waals surface area contributed by atoms with Gasteiger partial charge in [0, 0.05) is 19.3 Å². The van der Waals surface area contributed by atoms with E-state index in [0.29, 0.717) is 25.0 Å². The van der Waals surface area contributed by atoms with Crippen molar-refractivity contribution in [3.63, 3.8) is 0 Å². The molecule has 1 aliphatic rings. The molecule has 2 aromatic heterocycles. The summed E-state index contributed by atoms with van der Waals surface area (Å²) in [5.41, 5.74) is 0.514. The summed E-state index contributed by atoms with van der Waals surface area (Å²) in [5, 5.41) is 2.67. The fourth-order valence-electron chi connectivity index (χ4n) is 2.98. The van der Waals surface area contributed by atoms with Gasteiger partial charge in [0.15, 0.2) is 6.29 Å². The number of hydrogen-bond acceptors (Lipinski definition) is 7. The van der Waals surface area contributed by atoms with E-state index in [4.69, 9.17) is 0 Å². The number of esters is 1. The number of methoxy groups -OCH3 is 1. The Bertz CT molecular complexity index is 952. The molecule has 2 aromatic rings. The summed E-state index contributed by atoms with van der Waals surface area (Å²) < 4.78 is 5.94. The molecule has 1 atom stereocenters. The van der Waals surface area contributed by atoms with Gasteiger partial charge in [0.25, 0.3) is 5.56 Å². The third-order valence-electron chi connectivity index (χ3n) is 4.29. The fraction of sp³-hybridized carbons (Fsp3) is 0.353. The highest BCUT2D eigenvalue weighted by atomic mass is 16.5. The van der Waals surface area contributed by atoms with E-state index < -0.39 is 17.6 Å². The Labute approximate surface area is 148 Å². The molecule has 136 valence electrons. The highest BCUT2D eigenvalue weighted by molar-refractivity contribution is 5.92. The summed E-state index contributed by atoms with van der Waals surface area (Å²) >= 11 is 0. The maximum absolute atomic E-state index is 12.7. The van der Waals surface area contributed by atoms with Crippen LogP contribution in [0.3, 0.4) is 0 Å². The second kappa shape index (κ2) is 6.95. The first-order valence-electron chi connectivity index (χ1n) is 8.05. The second-order valence-corrected chi connectivity index (χ2v) is 5.99. The highest BCUT2D eigenvalue weighted by Crippen LogP contribution is 2.21. The number of nitrogens with one attached hydrogen (secondary N) is 1. The molecular formula is C17H18N4O5. The van der Waals surface area contributed by atoms with Gasteiger partial charge in [-0.25, -0.2) is 4.98 Å². The molecule has 3 rings (SSSR count). The number of piperazine rings is 1. The van der Waals surface area contributed by atoms with Crippen molar-refractivity contribution < 1.29 is 19.1 Å². The molecule has 3 heterocycles. The lowest BCUT2D eigenvalue weighted by Crippen LogP contribution is -2.57. The number of aryl methyl sites for hydroxylation is 1. The van der Waals surface area contributed by atoms with E-state index in [1.165, 1.54) is 16.4 Å². The average Bonchev–Trinajstić information content (AvgIpc) is 2.63. The third kappa shape index (κ3) is 3.03. The lowest BCUT2D eigenvalue weighted by atomic mass is 10.1. The number of ether oxygens (including phenoxy) is 1. The van der Waals surface area contributed by atoms with Gasteiger partial charge in [-0.15, -0.1) is 0 Å². The van der Waals surface area contributed by atoms with Crippen LogP contribution < -0.4 is 15.8 Å². The van der Waals surface area contributed by atoms with Crippen molar-refractivity contribution in [2.75, 3.05) is 25.1 Å². The predicted octanol–water partition coefficient (Wildman–Crippen LogP) is -0.317. The summed E-state index contributed by atoms with van der Waals surface area (Å²) in [6.07, 6.45) is 1.81. The first-order valence-corrected chi connectivity index (χ1v) is 8.05. The Kier molecular flexibility index (Phi) is 4.70. The van der Waals surface area contributed by atoms with E-state index in [1.807, 2.05) is 6.92 Å². The van der Waals surface area contributed by atoms with Gasteiger partial charge < -0.3 is 15.0 Å². The third-order valence-corrected chi connectivity index (χ3v) is 4.29. The number of amides is 1. The molecule has 1 unspecified atom stereocenters. The summed E-state index contributed by atoms with van der Waals surface area (Å²) in [6.45, 7) is 2.44. The number of fused-ring (bicyclic) bond motifs is 1. The van der Waals surface area contributed by atoms with Crippen LogP contribution in [0.15, 0.2) is 23.1 Å². The molecule has 0 aliphatic carbocycles. The van der Waals surface area contributed by atoms with Crippen LogP contribution in [0.5, 0.6) is 0 Å². The van der Waals surface area contributed by atoms with E-state index in [9.17, 15) is 19.2 Å². The van der Waals surface area contributed by atoms with E-state index in [0.717, 1.165) is 5.56 Å². The lowest BCUT2D eigenvalue weighted by Gasteiger charge is -2.35. The molecule has 9 heteroatoms. The second-order valence-electron chi connectivity index (χ2n) is 5.99. The number of hydrogen-bond donors (Lipinski definition) is 1. The van der Waals surface area contributed by atoms with Crippen LogP contribution in [0.4, 0.5) is 5.82 Å². The largest absolute Gasteiger partial charge is 0.469 e. The molecule has 0 spiro atoms. The molecule has 1 fully saturated rings. The topological polar surface area (TPSA) is 110 Å². The molecule has 0 saturated carbocycles. The normalized spacial score (nSPS) is 17.1. The summed E-state index contributed by atoms with van der Waals surface area (Å²) in [6, 6.07) is 2.55. The van der Waals surface area contributed by atoms with Crippen molar-refractivity contribution in [3.05, 3.63) is 39.8 Å². The monoisotopic (exact) mass is 358 g/mol. The molecule has 0 radical (unpaired) electrons. The zero-order valence-corrected chi connectivity index (χ0v) is 14.4. The van der Waals surface area contributed by atoms with Gasteiger partial charge in [-0.05, 0) is 18.6 Å². The number of aldehydes is 1. The standard InChI is InChI=1S/C17H18N4O5/c1-10-3-4-13-19-15(11(9-22)17(25)21(13)8-10)20-6-5-18-16(24)12(20)7-14(23)26-2/h3-4,8-9,12H,5-7H2,1-2H3,(H,18,24). The van der Waals surface area contributed by atoms with Gasteiger partial charge in [-0.1, -0.05) is 6.07 Å². The fourth-order valence-corrected chi connectivity index (χ4v) is 2.98. The van der Waals surface area contributed by atoms with E-state index in [-0.39, 0.29) is 23.7 Å². The van der Waals surface area contributed by atoms with Gasteiger partial charge in [-0.3, -0.25) is 23.6 Å². The zero-order valence-electron chi connectivity index (χ0n) is 14.4. The van der Waals surface area contributed by atoms with E-state index in [1.54, 1.807) is 18.3 Å². The van der Waals surface area contributed by atoms with Crippen LogP contribution in [0.1, 0.15) is 22.3 Å². The van der Waals surface area contributed by atoms with Gasteiger partial charge in [0.05, 0.1) is 13.5 Å². The van der Waals surface area contributed by atoms with Crippen molar-refractivity contribution in [1.29, 1.82) is 0 Å². The smallest absolute Gasteiger partial charge is 0.308 e. The van der Waals surface area contributed by atoms with Crippen LogP contribution in [0, 0.1) is 6.92 Å². The average molecular weight is 358 g/mol. The Morgan fingerprint density at radius 2 is 2.19 bits per heavy atom. The maximum atomic E-state index is 12.7. The van der Waals surface area contributed by atoms with E-state index in [2.05, 4.69) is 15.0 Å². The molecular weight excluding hydrogens is 340 g/mol. The first kappa shape index (κ1) is 17.6. The summed E-state index contributed by atoms with van der Waals surface area (Å²) in [5.74, 6) is -0.861. The molecule has 1 amide bonds. The molecule has 0 aromatic carbocycles. The number of pyridine rings is 1. The van der Waals surface area contributed by atoms with Crippen molar-refractivity contribution in [2.45, 2.75) is 19.4 Å². The lowest BCUT2D eigenvalue weighted by molar-refractivity contribution is -0.143. The van der Waals surface area contributed by atoms with Crippen LogP contribution in [0.2, 0.25) is 0 Å². The van der Waals surface area contributed by atoms with Crippen molar-refractivity contribution in [3.8, 4) is 0 Å². The molecule has 9 nitrogen and oxygen atoms in total. The van der Waals surface area contributed by atoms with Crippen molar-refractivity contribution in [1.82, 2.24) is 14.7 Å². The Balaban J connectivity index is 2.16. The molecule has 26 heavy (non-hydrogen) atoms. The predicted molar refractivity (Wildman–Crippen MR) is 92.4 cm³/mol. The number of aromatic nitrogens is 2. The minimum absolute atomic E-state index is 0.0950. The van der Waals surface area contributed by atoms with E-state index >= 15 is 0 Å². The zero-order chi connectivity index (χ0) is 18.8. The van der Waals surface area contributed by atoms with Crippen molar-refractivity contribution >= 4 is 29.6 Å². The number of rotatable bonds is 4. The molecule has 1 N–H and O–H groups in total. The maximum Gasteiger partial charge on any atom is 0.308 e. The first-order chi connectivity index (χ1) is 12.5. The van der Waals surface area contributed by atoms with Crippen molar-refractivity contribution in [2.24, 2.45) is 0 Å². The van der Waals surface area contributed by atoms with Gasteiger partial charge >= 0.3 is 5.97 Å². The minimum atomic E-state index is -0.908. The van der Waals surface area contributed by atoms with Crippen LogP contribution in [0.25, 0.3) is 5.65 Å². The number of carbonyl (C=O) groups is 3. The number of anilines is 1. The van der Waals surface area contributed by atoms with Crippen LogP contribution in [-0.4, -0.2) is 53.8 Å². The molecule has 0 bridgehead atoms. The Morgan fingerprint density at radius 1 is 1.42 bits per heavy atom.